The molecule has 7 nitrogen and oxygen atoms in total. The summed E-state index contributed by atoms with van der Waals surface area (Å²) in [6.07, 6.45) is 2.68. The van der Waals surface area contributed by atoms with Crippen LogP contribution in [0.4, 0.5) is 5.69 Å². The zero-order valence-electron chi connectivity index (χ0n) is 15.3. The molecule has 1 amide bonds. The largest absolute Gasteiger partial charge is 0.492 e. The quantitative estimate of drug-likeness (QED) is 0.787. The van der Waals surface area contributed by atoms with Gasteiger partial charge in [-0.2, -0.15) is 0 Å². The van der Waals surface area contributed by atoms with Crippen LogP contribution in [-0.2, 0) is 14.3 Å². The molecule has 0 aromatic heterocycles. The van der Waals surface area contributed by atoms with E-state index in [2.05, 4.69) is 4.90 Å². The number of carboxylic acids is 1. The fraction of sp³-hybridized carbons (Fsp3) is 0.500. The molecule has 0 aliphatic carbocycles. The van der Waals surface area contributed by atoms with Crippen molar-refractivity contribution in [2.45, 2.75) is 19.1 Å². The second-order valence-electron chi connectivity index (χ2n) is 7.05. The minimum absolute atomic E-state index is 0.114. The predicted octanol–water partition coefficient (Wildman–Crippen LogP) is 1.39. The number of piperazine rings is 1. The third-order valence-electron chi connectivity index (χ3n) is 5.57. The van der Waals surface area contributed by atoms with E-state index in [9.17, 15) is 14.7 Å². The van der Waals surface area contributed by atoms with Crippen molar-refractivity contribution in [2.75, 3.05) is 37.7 Å². The van der Waals surface area contributed by atoms with Gasteiger partial charge in [0.15, 0.2) is 0 Å². The lowest BCUT2D eigenvalue weighted by molar-refractivity contribution is -0.149. The first-order valence-corrected chi connectivity index (χ1v) is 9.42. The van der Waals surface area contributed by atoms with Gasteiger partial charge in [-0.1, -0.05) is 24.3 Å². The number of fused-ring (bicyclic) bond motifs is 2. The number of amides is 1. The molecule has 0 unspecified atom stereocenters. The summed E-state index contributed by atoms with van der Waals surface area (Å²) in [5, 5.41) is 9.52. The molecule has 4 atom stereocenters. The number of carbonyl (C=O) groups excluding carboxylic acids is 1. The van der Waals surface area contributed by atoms with Crippen molar-refractivity contribution in [1.82, 2.24) is 4.90 Å². The highest BCUT2D eigenvalue weighted by Gasteiger charge is 2.54. The summed E-state index contributed by atoms with van der Waals surface area (Å²) >= 11 is 0. The molecule has 2 saturated heterocycles. The summed E-state index contributed by atoms with van der Waals surface area (Å²) in [5.41, 5.74) is 1.03. The number of nitrogens with zero attached hydrogens (tertiary/aromatic N) is 2. The third-order valence-corrected chi connectivity index (χ3v) is 5.57. The minimum atomic E-state index is -0.963. The molecule has 3 aliphatic heterocycles. The fourth-order valence-electron chi connectivity index (χ4n) is 4.27. The number of rotatable bonds is 5. The first-order chi connectivity index (χ1) is 13.1. The van der Waals surface area contributed by atoms with Gasteiger partial charge in [0.2, 0.25) is 5.91 Å². The topological polar surface area (TPSA) is 79.3 Å². The van der Waals surface area contributed by atoms with Crippen molar-refractivity contribution in [1.29, 1.82) is 0 Å². The average Bonchev–Trinajstić information content (AvgIpc) is 3.30. The van der Waals surface area contributed by atoms with E-state index in [1.807, 2.05) is 37.3 Å². The van der Waals surface area contributed by atoms with Gasteiger partial charge < -0.3 is 24.4 Å². The molecule has 2 bridgehead atoms. The summed E-state index contributed by atoms with van der Waals surface area (Å²) in [6, 6.07) is 7.90. The number of benzene rings is 1. The number of carboxylic acid groups (broad SMARTS) is 1. The molecule has 2 fully saturated rings. The second-order valence-corrected chi connectivity index (χ2v) is 7.05. The molecule has 1 N–H and O–H groups in total. The third kappa shape index (κ3) is 3.16. The van der Waals surface area contributed by atoms with Crippen molar-refractivity contribution in [2.24, 2.45) is 11.8 Å². The van der Waals surface area contributed by atoms with Crippen molar-refractivity contribution < 1.29 is 24.2 Å². The van der Waals surface area contributed by atoms with Crippen LogP contribution < -0.4 is 9.64 Å². The SMILES string of the molecule is CCOc1ccccc1N1CCN(C(=O)[C@H]2[C@@H](C(=O)O)[C@@H]3C=C[C@@H]2O3)CC1. The number of anilines is 1. The van der Waals surface area contributed by atoms with Gasteiger partial charge in [-0.3, -0.25) is 9.59 Å². The number of carbonyl (C=O) groups is 2. The number of hydrogen-bond acceptors (Lipinski definition) is 5. The first kappa shape index (κ1) is 17.9. The van der Waals surface area contributed by atoms with Crippen LogP contribution in [0.5, 0.6) is 5.75 Å². The Hall–Kier alpha value is -2.54. The molecule has 0 spiro atoms. The zero-order chi connectivity index (χ0) is 19.0. The lowest BCUT2D eigenvalue weighted by Crippen LogP contribution is -2.53. The van der Waals surface area contributed by atoms with Gasteiger partial charge in [0.05, 0.1) is 30.4 Å². The van der Waals surface area contributed by atoms with E-state index < -0.39 is 30.0 Å². The number of aliphatic carboxylic acids is 1. The summed E-state index contributed by atoms with van der Waals surface area (Å²) in [4.78, 5) is 28.6. The highest BCUT2D eigenvalue weighted by Crippen LogP contribution is 2.40. The van der Waals surface area contributed by atoms with Gasteiger partial charge in [0.25, 0.3) is 0 Å². The van der Waals surface area contributed by atoms with Gasteiger partial charge in [-0.15, -0.1) is 0 Å². The molecule has 3 aliphatic rings. The maximum atomic E-state index is 13.0. The standard InChI is InChI=1S/C20H24N2O5/c1-2-26-14-6-4-3-5-13(14)21-9-11-22(12-10-21)19(23)17-15-7-8-16(27-15)18(17)20(24)25/h3-8,15-18H,2,9-12H2,1H3,(H,24,25)/t15-,16-,17+,18-/m0/s1. The monoisotopic (exact) mass is 372 g/mol. The van der Waals surface area contributed by atoms with Crippen LogP contribution in [0.3, 0.4) is 0 Å². The molecular weight excluding hydrogens is 348 g/mol. The number of ether oxygens (including phenoxy) is 2. The normalized spacial score (nSPS) is 29.2. The number of para-hydroxylation sites is 2. The van der Waals surface area contributed by atoms with Crippen molar-refractivity contribution in [3.63, 3.8) is 0 Å². The van der Waals surface area contributed by atoms with Gasteiger partial charge in [-0.05, 0) is 19.1 Å². The van der Waals surface area contributed by atoms with Gasteiger partial charge >= 0.3 is 5.97 Å². The molecular formula is C20H24N2O5. The maximum absolute atomic E-state index is 13.0. The summed E-state index contributed by atoms with van der Waals surface area (Å²) in [5.74, 6) is -1.65. The van der Waals surface area contributed by atoms with Crippen LogP contribution in [-0.4, -0.2) is 66.9 Å². The van der Waals surface area contributed by atoms with Crippen LogP contribution in [0.15, 0.2) is 36.4 Å². The first-order valence-electron chi connectivity index (χ1n) is 9.42. The van der Waals surface area contributed by atoms with Crippen molar-refractivity contribution >= 4 is 17.6 Å². The minimum Gasteiger partial charge on any atom is -0.492 e. The lowest BCUT2D eigenvalue weighted by Gasteiger charge is -2.38. The van der Waals surface area contributed by atoms with Crippen LogP contribution in [0.25, 0.3) is 0 Å². The van der Waals surface area contributed by atoms with E-state index in [0.29, 0.717) is 32.8 Å². The molecule has 4 rings (SSSR count). The molecule has 144 valence electrons. The summed E-state index contributed by atoms with van der Waals surface area (Å²) < 4.78 is 11.3. The Morgan fingerprint density at radius 1 is 1.11 bits per heavy atom. The predicted molar refractivity (Wildman–Crippen MR) is 98.8 cm³/mol. The molecule has 1 aromatic carbocycles. The summed E-state index contributed by atoms with van der Waals surface area (Å²) in [7, 11) is 0. The highest BCUT2D eigenvalue weighted by molar-refractivity contribution is 5.87. The molecule has 1 aromatic rings. The van der Waals surface area contributed by atoms with Gasteiger partial charge in [0, 0.05) is 26.2 Å². The Morgan fingerprint density at radius 3 is 2.44 bits per heavy atom. The smallest absolute Gasteiger partial charge is 0.310 e. The average molecular weight is 372 g/mol. The zero-order valence-corrected chi connectivity index (χ0v) is 15.3. The summed E-state index contributed by atoms with van der Waals surface area (Å²) in [6.45, 7) is 5.05. The Labute approximate surface area is 158 Å². The highest BCUT2D eigenvalue weighted by atomic mass is 16.5. The molecule has 7 heteroatoms. The lowest BCUT2D eigenvalue weighted by atomic mass is 9.82. The Bertz CT molecular complexity index is 756. The number of hydrogen-bond donors (Lipinski definition) is 1. The Balaban J connectivity index is 1.43. The molecule has 0 radical (unpaired) electrons. The van der Waals surface area contributed by atoms with Gasteiger partial charge in [0.1, 0.15) is 11.7 Å². The van der Waals surface area contributed by atoms with Crippen LogP contribution >= 0.6 is 0 Å². The van der Waals surface area contributed by atoms with E-state index in [4.69, 9.17) is 9.47 Å². The maximum Gasteiger partial charge on any atom is 0.310 e. The van der Waals surface area contributed by atoms with E-state index in [-0.39, 0.29) is 5.91 Å². The second kappa shape index (κ2) is 7.23. The Morgan fingerprint density at radius 2 is 1.78 bits per heavy atom. The van der Waals surface area contributed by atoms with Crippen LogP contribution in [0.1, 0.15) is 6.92 Å². The van der Waals surface area contributed by atoms with E-state index >= 15 is 0 Å². The molecule has 27 heavy (non-hydrogen) atoms. The van der Waals surface area contributed by atoms with Crippen molar-refractivity contribution in [3.8, 4) is 5.75 Å². The van der Waals surface area contributed by atoms with E-state index in [1.54, 1.807) is 11.0 Å². The van der Waals surface area contributed by atoms with E-state index in [0.717, 1.165) is 11.4 Å². The van der Waals surface area contributed by atoms with Crippen molar-refractivity contribution in [3.05, 3.63) is 36.4 Å². The van der Waals surface area contributed by atoms with Gasteiger partial charge in [-0.25, -0.2) is 0 Å². The van der Waals surface area contributed by atoms with Crippen LogP contribution in [0.2, 0.25) is 0 Å². The van der Waals surface area contributed by atoms with Crippen LogP contribution in [0, 0.1) is 11.8 Å². The molecule has 0 saturated carbocycles. The molecule has 3 heterocycles. The van der Waals surface area contributed by atoms with E-state index in [1.165, 1.54) is 0 Å². The fourth-order valence-corrected chi connectivity index (χ4v) is 4.27. The Kier molecular flexibility index (Phi) is 4.78.